The van der Waals surface area contributed by atoms with Crippen LogP contribution in [-0.4, -0.2) is 17.9 Å². The molecule has 0 saturated heterocycles. The fourth-order valence-corrected chi connectivity index (χ4v) is 4.89. The molecule has 24 heavy (non-hydrogen) atoms. The van der Waals surface area contributed by atoms with Crippen molar-refractivity contribution >= 4 is 5.91 Å². The number of rotatable bonds is 7. The van der Waals surface area contributed by atoms with E-state index in [-0.39, 0.29) is 5.92 Å². The molecule has 0 aromatic carbocycles. The highest BCUT2D eigenvalue weighted by Crippen LogP contribution is 2.36. The highest BCUT2D eigenvalue weighted by molar-refractivity contribution is 5.80. The van der Waals surface area contributed by atoms with E-state index in [0.717, 1.165) is 36.3 Å². The molecule has 0 N–H and O–H groups in total. The van der Waals surface area contributed by atoms with Crippen LogP contribution in [0.1, 0.15) is 90.9 Å². The minimum atomic E-state index is 0.212. The van der Waals surface area contributed by atoms with Gasteiger partial charge in [0, 0.05) is 18.7 Å². The Kier molecular flexibility index (Phi) is 7.84. The van der Waals surface area contributed by atoms with Gasteiger partial charge in [-0.15, -0.1) is 0 Å². The fourth-order valence-electron chi connectivity index (χ4n) is 4.89. The second-order valence-electron chi connectivity index (χ2n) is 8.78. The lowest BCUT2D eigenvalue weighted by molar-refractivity contribution is -0.133. The van der Waals surface area contributed by atoms with Crippen LogP contribution in [0.25, 0.3) is 0 Å². The van der Waals surface area contributed by atoms with Crippen LogP contribution < -0.4 is 0 Å². The van der Waals surface area contributed by atoms with E-state index in [1.54, 1.807) is 4.90 Å². The molecule has 2 fully saturated rings. The van der Waals surface area contributed by atoms with E-state index in [2.05, 4.69) is 13.5 Å². The molecule has 2 aliphatic carbocycles. The number of carbonyl (C=O) groups is 1. The molecule has 0 aromatic rings. The highest BCUT2D eigenvalue weighted by atomic mass is 16.2. The summed E-state index contributed by atoms with van der Waals surface area (Å²) in [6.07, 6.45) is 15.8. The fraction of sp³-hybridized carbons (Fsp3) is 0.864. The monoisotopic (exact) mass is 333 g/mol. The van der Waals surface area contributed by atoms with Crippen molar-refractivity contribution in [1.29, 1.82) is 0 Å². The molecule has 2 aliphatic rings. The number of hydrogen-bond acceptors (Lipinski definition) is 1. The Morgan fingerprint density at radius 1 is 1.08 bits per heavy atom. The number of carbonyl (C=O) groups excluding carboxylic acids is 1. The Balaban J connectivity index is 1.94. The van der Waals surface area contributed by atoms with Crippen LogP contribution in [0.2, 0.25) is 0 Å². The maximum Gasteiger partial charge on any atom is 0.229 e. The van der Waals surface area contributed by atoms with Crippen molar-refractivity contribution in [2.45, 2.75) is 90.9 Å². The number of hydrogen-bond donors (Lipinski definition) is 0. The molecule has 0 radical (unpaired) electrons. The summed E-state index contributed by atoms with van der Waals surface area (Å²) in [6, 6.07) is 0. The largest absolute Gasteiger partial charge is 0.320 e. The van der Waals surface area contributed by atoms with Crippen molar-refractivity contribution in [2.24, 2.45) is 23.7 Å². The van der Waals surface area contributed by atoms with Gasteiger partial charge in [0.05, 0.1) is 0 Å². The molecule has 2 saturated carbocycles. The van der Waals surface area contributed by atoms with E-state index in [9.17, 15) is 4.79 Å². The van der Waals surface area contributed by atoms with Gasteiger partial charge in [0.25, 0.3) is 0 Å². The SMILES string of the molecule is C=C(C)N(C)C(=O)C(CCC1CCCCC1)C[C@H]1CCCC(C)C1. The van der Waals surface area contributed by atoms with Crippen LogP contribution in [0.5, 0.6) is 0 Å². The predicted octanol–water partition coefficient (Wildman–Crippen LogP) is 6.17. The summed E-state index contributed by atoms with van der Waals surface area (Å²) in [6.45, 7) is 8.30. The van der Waals surface area contributed by atoms with Crippen LogP contribution in [0.4, 0.5) is 0 Å². The van der Waals surface area contributed by atoms with Gasteiger partial charge in [0.1, 0.15) is 0 Å². The van der Waals surface area contributed by atoms with E-state index in [0.29, 0.717) is 5.91 Å². The molecule has 2 heteroatoms. The Hall–Kier alpha value is -0.790. The van der Waals surface area contributed by atoms with E-state index >= 15 is 0 Å². The van der Waals surface area contributed by atoms with Gasteiger partial charge in [0.2, 0.25) is 5.91 Å². The molecule has 2 rings (SSSR count). The normalized spacial score (nSPS) is 26.8. The van der Waals surface area contributed by atoms with Crippen LogP contribution in [0, 0.1) is 23.7 Å². The van der Waals surface area contributed by atoms with Gasteiger partial charge in [-0.1, -0.05) is 64.9 Å². The van der Waals surface area contributed by atoms with Crippen molar-refractivity contribution < 1.29 is 4.79 Å². The van der Waals surface area contributed by atoms with Crippen molar-refractivity contribution in [1.82, 2.24) is 4.90 Å². The number of amides is 1. The Bertz CT molecular complexity index is 410. The van der Waals surface area contributed by atoms with Gasteiger partial charge < -0.3 is 4.90 Å². The average molecular weight is 334 g/mol. The van der Waals surface area contributed by atoms with Crippen LogP contribution in [0.3, 0.4) is 0 Å². The summed E-state index contributed by atoms with van der Waals surface area (Å²) >= 11 is 0. The summed E-state index contributed by atoms with van der Waals surface area (Å²) in [4.78, 5) is 14.8. The second-order valence-corrected chi connectivity index (χ2v) is 8.78. The van der Waals surface area contributed by atoms with Gasteiger partial charge in [-0.3, -0.25) is 4.79 Å². The first-order chi connectivity index (χ1) is 11.5. The topological polar surface area (TPSA) is 20.3 Å². The first-order valence-electron chi connectivity index (χ1n) is 10.4. The minimum Gasteiger partial charge on any atom is -0.320 e. The minimum absolute atomic E-state index is 0.212. The molecule has 0 spiro atoms. The molecule has 1 amide bonds. The zero-order chi connectivity index (χ0) is 17.5. The van der Waals surface area contributed by atoms with E-state index in [4.69, 9.17) is 0 Å². The number of nitrogens with zero attached hydrogens (tertiary/aromatic N) is 1. The van der Waals surface area contributed by atoms with Gasteiger partial charge in [0.15, 0.2) is 0 Å². The Labute approximate surface area is 150 Å². The molecule has 2 unspecified atom stereocenters. The lowest BCUT2D eigenvalue weighted by Crippen LogP contribution is -2.33. The molecule has 0 aliphatic heterocycles. The molecular formula is C22H39NO. The van der Waals surface area contributed by atoms with Crippen LogP contribution >= 0.6 is 0 Å². The molecule has 0 aromatic heterocycles. The highest BCUT2D eigenvalue weighted by Gasteiger charge is 2.29. The van der Waals surface area contributed by atoms with E-state index in [1.165, 1.54) is 64.2 Å². The zero-order valence-electron chi connectivity index (χ0n) is 16.4. The van der Waals surface area contributed by atoms with Crippen molar-refractivity contribution in [3.05, 3.63) is 12.3 Å². The Morgan fingerprint density at radius 2 is 1.75 bits per heavy atom. The first kappa shape index (κ1) is 19.5. The lowest BCUT2D eigenvalue weighted by atomic mass is 9.76. The average Bonchev–Trinajstić information content (AvgIpc) is 2.58. The van der Waals surface area contributed by atoms with Crippen molar-refractivity contribution in [3.8, 4) is 0 Å². The summed E-state index contributed by atoms with van der Waals surface area (Å²) in [5.74, 6) is 3.00. The van der Waals surface area contributed by atoms with Gasteiger partial charge in [-0.05, 0) is 50.4 Å². The van der Waals surface area contributed by atoms with Crippen molar-refractivity contribution in [2.75, 3.05) is 7.05 Å². The predicted molar refractivity (Wildman–Crippen MR) is 103 cm³/mol. The van der Waals surface area contributed by atoms with Gasteiger partial charge >= 0.3 is 0 Å². The summed E-state index contributed by atoms with van der Waals surface area (Å²) in [5.41, 5.74) is 0.875. The third-order valence-electron chi connectivity index (χ3n) is 6.56. The summed E-state index contributed by atoms with van der Waals surface area (Å²) in [7, 11) is 1.90. The smallest absolute Gasteiger partial charge is 0.229 e. The molecule has 2 nitrogen and oxygen atoms in total. The molecule has 0 heterocycles. The zero-order valence-corrected chi connectivity index (χ0v) is 16.4. The maximum atomic E-state index is 13.0. The van der Waals surface area contributed by atoms with Gasteiger partial charge in [-0.2, -0.15) is 0 Å². The van der Waals surface area contributed by atoms with Crippen LogP contribution in [0.15, 0.2) is 12.3 Å². The second kappa shape index (κ2) is 9.63. The quantitative estimate of drug-likeness (QED) is 0.545. The lowest BCUT2D eigenvalue weighted by Gasteiger charge is -2.32. The molecule has 0 bridgehead atoms. The van der Waals surface area contributed by atoms with Gasteiger partial charge in [-0.25, -0.2) is 0 Å². The van der Waals surface area contributed by atoms with Crippen LogP contribution in [-0.2, 0) is 4.79 Å². The Morgan fingerprint density at radius 3 is 2.38 bits per heavy atom. The summed E-state index contributed by atoms with van der Waals surface area (Å²) < 4.78 is 0. The van der Waals surface area contributed by atoms with E-state index < -0.39 is 0 Å². The third-order valence-corrected chi connectivity index (χ3v) is 6.56. The van der Waals surface area contributed by atoms with Crippen molar-refractivity contribution in [3.63, 3.8) is 0 Å². The molecule has 138 valence electrons. The molecule has 3 atom stereocenters. The maximum absolute atomic E-state index is 13.0. The number of allylic oxidation sites excluding steroid dienone is 1. The molecular weight excluding hydrogens is 294 g/mol. The summed E-state index contributed by atoms with van der Waals surface area (Å²) in [5, 5.41) is 0. The van der Waals surface area contributed by atoms with E-state index in [1.807, 2.05) is 14.0 Å². The third kappa shape index (κ3) is 5.93. The first-order valence-corrected chi connectivity index (χ1v) is 10.4. The standard InChI is InChI=1S/C22H39NO/c1-17(2)23(4)22(24)21(14-13-19-10-6-5-7-11-19)16-20-12-8-9-18(3)15-20/h18-21H,1,5-16H2,2-4H3/t18?,20-,21?/m0/s1.